The molecule has 0 bridgehead atoms. The summed E-state index contributed by atoms with van der Waals surface area (Å²) < 4.78 is 6.83. The molecule has 0 aromatic heterocycles. The van der Waals surface area contributed by atoms with E-state index >= 15 is 0 Å². The van der Waals surface area contributed by atoms with Crippen LogP contribution in [-0.2, 0) is 9.59 Å². The van der Waals surface area contributed by atoms with E-state index in [-0.39, 0.29) is 11.8 Å². The third-order valence-electron chi connectivity index (χ3n) is 3.54. The molecule has 2 rings (SSSR count). The minimum Gasteiger partial charge on any atom is -0.480 e. The zero-order valence-electron chi connectivity index (χ0n) is 14.6. The molecule has 25 heavy (non-hydrogen) atoms. The van der Waals surface area contributed by atoms with Gasteiger partial charge in [0, 0.05) is 22.8 Å². The molecule has 0 aliphatic carbocycles. The molecule has 2 aromatic carbocycles. The number of hydrogen-bond donors (Lipinski definition) is 2. The molecule has 2 amide bonds. The van der Waals surface area contributed by atoms with Crippen LogP contribution < -0.4 is 15.4 Å². The van der Waals surface area contributed by atoms with Crippen molar-refractivity contribution in [1.29, 1.82) is 0 Å². The second-order valence-electron chi connectivity index (χ2n) is 5.88. The third kappa shape index (κ3) is 5.32. The summed E-state index contributed by atoms with van der Waals surface area (Å²) >= 11 is 3.45. The summed E-state index contributed by atoms with van der Waals surface area (Å²) in [6.45, 7) is 7.02. The lowest BCUT2D eigenvalue weighted by molar-refractivity contribution is -0.122. The average molecular weight is 405 g/mol. The van der Waals surface area contributed by atoms with Crippen LogP contribution in [0.2, 0.25) is 0 Å². The number of aryl methyl sites for hydroxylation is 2. The Kier molecular flexibility index (Phi) is 6.20. The first kappa shape index (κ1) is 19.0. The number of nitrogens with one attached hydrogen (secondary N) is 2. The molecule has 0 saturated carbocycles. The van der Waals surface area contributed by atoms with Gasteiger partial charge in [0.2, 0.25) is 5.91 Å². The second-order valence-corrected chi connectivity index (χ2v) is 6.80. The highest BCUT2D eigenvalue weighted by Crippen LogP contribution is 2.28. The Hall–Kier alpha value is -2.34. The van der Waals surface area contributed by atoms with E-state index in [2.05, 4.69) is 26.6 Å². The summed E-state index contributed by atoms with van der Waals surface area (Å²) in [6.07, 6.45) is -0.664. The lowest BCUT2D eigenvalue weighted by Crippen LogP contribution is -2.30. The van der Waals surface area contributed by atoms with E-state index in [1.807, 2.05) is 26.0 Å². The molecular weight excluding hydrogens is 384 g/mol. The van der Waals surface area contributed by atoms with Gasteiger partial charge in [-0.15, -0.1) is 0 Å². The number of rotatable bonds is 5. The maximum atomic E-state index is 12.4. The lowest BCUT2D eigenvalue weighted by Gasteiger charge is -2.18. The Bertz CT molecular complexity index is 782. The van der Waals surface area contributed by atoms with Crippen LogP contribution in [0.1, 0.15) is 25.0 Å². The standard InChI is InChI=1S/C19H21BrN2O3/c1-11-8-15(20)9-12(2)18(11)25-13(3)19(24)22-17-7-5-6-16(10-17)21-14(4)23/h5-10,13H,1-4H3,(H,21,23)(H,22,24). The van der Waals surface area contributed by atoms with Crippen LogP contribution in [-0.4, -0.2) is 17.9 Å². The molecule has 2 N–H and O–H groups in total. The fraction of sp³-hybridized carbons (Fsp3) is 0.263. The van der Waals surface area contributed by atoms with E-state index in [1.54, 1.807) is 31.2 Å². The van der Waals surface area contributed by atoms with Gasteiger partial charge >= 0.3 is 0 Å². The topological polar surface area (TPSA) is 67.4 Å². The van der Waals surface area contributed by atoms with Crippen LogP contribution >= 0.6 is 15.9 Å². The van der Waals surface area contributed by atoms with Crippen molar-refractivity contribution in [3.63, 3.8) is 0 Å². The predicted molar refractivity (Wildman–Crippen MR) is 103 cm³/mol. The molecule has 2 aromatic rings. The van der Waals surface area contributed by atoms with Gasteiger partial charge in [0.25, 0.3) is 5.91 Å². The van der Waals surface area contributed by atoms with Gasteiger partial charge in [-0.2, -0.15) is 0 Å². The zero-order chi connectivity index (χ0) is 18.6. The first-order valence-corrected chi connectivity index (χ1v) is 8.67. The maximum absolute atomic E-state index is 12.4. The van der Waals surface area contributed by atoms with Crippen molar-refractivity contribution >= 4 is 39.1 Å². The van der Waals surface area contributed by atoms with Crippen LogP contribution in [0, 0.1) is 13.8 Å². The number of carbonyl (C=O) groups excluding carboxylic acids is 2. The Morgan fingerprint density at radius 2 is 1.60 bits per heavy atom. The highest BCUT2D eigenvalue weighted by molar-refractivity contribution is 9.10. The van der Waals surface area contributed by atoms with Crippen molar-refractivity contribution in [3.05, 3.63) is 52.0 Å². The smallest absolute Gasteiger partial charge is 0.265 e. The molecule has 0 fully saturated rings. The van der Waals surface area contributed by atoms with Crippen molar-refractivity contribution in [2.75, 3.05) is 10.6 Å². The second kappa shape index (κ2) is 8.16. The van der Waals surface area contributed by atoms with Crippen LogP contribution in [0.4, 0.5) is 11.4 Å². The molecular formula is C19H21BrN2O3. The Morgan fingerprint density at radius 3 is 2.16 bits per heavy atom. The van der Waals surface area contributed by atoms with E-state index < -0.39 is 6.10 Å². The molecule has 0 radical (unpaired) electrons. The van der Waals surface area contributed by atoms with Crippen LogP contribution in [0.5, 0.6) is 5.75 Å². The number of carbonyl (C=O) groups is 2. The van der Waals surface area contributed by atoms with Crippen LogP contribution in [0.3, 0.4) is 0 Å². The van der Waals surface area contributed by atoms with E-state index in [9.17, 15) is 9.59 Å². The minimum atomic E-state index is -0.664. The van der Waals surface area contributed by atoms with Crippen molar-refractivity contribution < 1.29 is 14.3 Å². The van der Waals surface area contributed by atoms with Crippen molar-refractivity contribution in [3.8, 4) is 5.75 Å². The van der Waals surface area contributed by atoms with Crippen molar-refractivity contribution in [2.45, 2.75) is 33.8 Å². The normalized spacial score (nSPS) is 11.6. The molecule has 1 unspecified atom stereocenters. The number of ether oxygens (including phenoxy) is 1. The first-order valence-electron chi connectivity index (χ1n) is 7.88. The van der Waals surface area contributed by atoms with Gasteiger partial charge in [-0.05, 0) is 62.2 Å². The zero-order valence-corrected chi connectivity index (χ0v) is 16.2. The number of anilines is 2. The van der Waals surface area contributed by atoms with Gasteiger partial charge in [-0.1, -0.05) is 22.0 Å². The summed E-state index contributed by atoms with van der Waals surface area (Å²) in [5.41, 5.74) is 3.13. The molecule has 6 heteroatoms. The molecule has 132 valence electrons. The van der Waals surface area contributed by atoms with E-state index in [0.717, 1.165) is 15.6 Å². The molecule has 0 aliphatic rings. The van der Waals surface area contributed by atoms with Crippen molar-refractivity contribution in [2.24, 2.45) is 0 Å². The molecule has 0 aliphatic heterocycles. The van der Waals surface area contributed by atoms with Gasteiger partial charge in [-0.25, -0.2) is 0 Å². The summed E-state index contributed by atoms with van der Waals surface area (Å²) in [6, 6.07) is 10.9. The summed E-state index contributed by atoms with van der Waals surface area (Å²) in [5.74, 6) is 0.279. The van der Waals surface area contributed by atoms with Gasteiger partial charge in [0.05, 0.1) is 0 Å². The summed E-state index contributed by atoms with van der Waals surface area (Å²) in [7, 11) is 0. The quantitative estimate of drug-likeness (QED) is 0.774. The maximum Gasteiger partial charge on any atom is 0.265 e. The first-order chi connectivity index (χ1) is 11.8. The Balaban J connectivity index is 2.07. The molecule has 1 atom stereocenters. The van der Waals surface area contributed by atoms with Gasteiger partial charge in [-0.3, -0.25) is 9.59 Å². The van der Waals surface area contributed by atoms with Gasteiger partial charge < -0.3 is 15.4 Å². The molecule has 0 spiro atoms. The van der Waals surface area contributed by atoms with Crippen LogP contribution in [0.25, 0.3) is 0 Å². The minimum absolute atomic E-state index is 0.165. The Morgan fingerprint density at radius 1 is 1.04 bits per heavy atom. The number of halogens is 1. The fourth-order valence-electron chi connectivity index (χ4n) is 2.44. The Labute approximate surface area is 155 Å². The number of hydrogen-bond acceptors (Lipinski definition) is 3. The molecule has 0 heterocycles. The fourth-order valence-corrected chi connectivity index (χ4v) is 3.12. The van der Waals surface area contributed by atoms with E-state index in [0.29, 0.717) is 17.1 Å². The summed E-state index contributed by atoms with van der Waals surface area (Å²) in [5, 5.41) is 5.48. The average Bonchev–Trinajstić information content (AvgIpc) is 2.50. The molecule has 0 saturated heterocycles. The number of benzene rings is 2. The number of amides is 2. The highest BCUT2D eigenvalue weighted by Gasteiger charge is 2.17. The van der Waals surface area contributed by atoms with E-state index in [1.165, 1.54) is 6.92 Å². The van der Waals surface area contributed by atoms with Gasteiger partial charge in [0.15, 0.2) is 6.10 Å². The summed E-state index contributed by atoms with van der Waals surface area (Å²) in [4.78, 5) is 23.5. The van der Waals surface area contributed by atoms with Gasteiger partial charge in [0.1, 0.15) is 5.75 Å². The third-order valence-corrected chi connectivity index (χ3v) is 4.00. The predicted octanol–water partition coefficient (Wildman–Crippen LogP) is 4.43. The lowest BCUT2D eigenvalue weighted by atomic mass is 10.1. The van der Waals surface area contributed by atoms with Crippen molar-refractivity contribution in [1.82, 2.24) is 0 Å². The largest absolute Gasteiger partial charge is 0.480 e. The van der Waals surface area contributed by atoms with Crippen LogP contribution in [0.15, 0.2) is 40.9 Å². The SMILES string of the molecule is CC(=O)Nc1cccc(NC(=O)C(C)Oc2c(C)cc(Br)cc2C)c1. The monoisotopic (exact) mass is 404 g/mol. The van der Waals surface area contributed by atoms with E-state index in [4.69, 9.17) is 4.74 Å². The highest BCUT2D eigenvalue weighted by atomic mass is 79.9. The molecule has 5 nitrogen and oxygen atoms in total.